The summed E-state index contributed by atoms with van der Waals surface area (Å²) >= 11 is 0. The molecule has 3 saturated heterocycles. The van der Waals surface area contributed by atoms with Crippen molar-refractivity contribution < 1.29 is 89.4 Å². The standard InChI is InChI=1S/C53H99NO18/c1-3-5-7-9-10-11-12-13-14-15-16-17-18-19-20-21-22-23-24-25-27-28-30-37(58)36(54-41(59)31-29-26-8-6-4-2)35-67-51-47(65)44(62)49(39(33-56)69-51)72-53-48(66)45(63)50(40(34-57)70-53)71-52-46(64)43(61)42(60)38(32-55)68-52/h28,30,36-40,42-53,55-58,60-66H,3-27,29,31-35H2,1-2H3,(H,54,59)/b30-28+. The zero-order chi connectivity index (χ0) is 52.7. The van der Waals surface area contributed by atoms with Gasteiger partial charge >= 0.3 is 0 Å². The van der Waals surface area contributed by atoms with E-state index in [-0.39, 0.29) is 18.9 Å². The average Bonchev–Trinajstić information content (AvgIpc) is 3.37. The Morgan fingerprint density at radius 3 is 1.31 bits per heavy atom. The number of rotatable bonds is 40. The molecule has 19 heteroatoms. The molecule has 17 atom stereocenters. The van der Waals surface area contributed by atoms with Gasteiger partial charge in [-0.05, 0) is 19.3 Å². The Labute approximate surface area is 429 Å². The predicted octanol–water partition coefficient (Wildman–Crippen LogP) is 3.43. The summed E-state index contributed by atoms with van der Waals surface area (Å²) in [4.78, 5) is 13.0. The second-order valence-corrected chi connectivity index (χ2v) is 20.4. The molecule has 3 heterocycles. The molecule has 3 aliphatic heterocycles. The van der Waals surface area contributed by atoms with E-state index >= 15 is 0 Å². The van der Waals surface area contributed by atoms with Crippen LogP contribution < -0.4 is 5.32 Å². The van der Waals surface area contributed by atoms with Crippen molar-refractivity contribution >= 4 is 5.91 Å². The molecule has 0 aromatic carbocycles. The summed E-state index contributed by atoms with van der Waals surface area (Å²) in [5, 5.41) is 119. The smallest absolute Gasteiger partial charge is 0.220 e. The van der Waals surface area contributed by atoms with Crippen LogP contribution in [0.25, 0.3) is 0 Å². The van der Waals surface area contributed by atoms with Gasteiger partial charge in [-0.1, -0.05) is 174 Å². The van der Waals surface area contributed by atoms with Crippen LogP contribution in [-0.2, 0) is 33.2 Å². The molecule has 0 bridgehead atoms. The van der Waals surface area contributed by atoms with Gasteiger partial charge in [-0.15, -0.1) is 0 Å². The summed E-state index contributed by atoms with van der Waals surface area (Å²) in [6, 6.07) is -0.963. The first kappa shape index (κ1) is 64.8. The van der Waals surface area contributed by atoms with Gasteiger partial charge in [0.05, 0.1) is 38.6 Å². The number of aliphatic hydroxyl groups excluding tert-OH is 11. The second kappa shape index (κ2) is 38.1. The number of carbonyl (C=O) groups is 1. The number of amides is 1. The highest BCUT2D eigenvalue weighted by Crippen LogP contribution is 2.33. The van der Waals surface area contributed by atoms with Crippen molar-refractivity contribution in [2.45, 2.75) is 291 Å². The van der Waals surface area contributed by atoms with Gasteiger partial charge in [0.1, 0.15) is 73.2 Å². The predicted molar refractivity (Wildman–Crippen MR) is 268 cm³/mol. The minimum absolute atomic E-state index is 0.241. The Morgan fingerprint density at radius 1 is 0.486 bits per heavy atom. The van der Waals surface area contributed by atoms with E-state index in [1.54, 1.807) is 6.08 Å². The van der Waals surface area contributed by atoms with Crippen LogP contribution in [0, 0.1) is 0 Å². The molecule has 12 N–H and O–H groups in total. The van der Waals surface area contributed by atoms with Crippen LogP contribution in [0.5, 0.6) is 0 Å². The zero-order valence-electron chi connectivity index (χ0n) is 43.7. The topological polar surface area (TPSA) is 307 Å². The second-order valence-electron chi connectivity index (χ2n) is 20.4. The van der Waals surface area contributed by atoms with Crippen LogP contribution in [0.3, 0.4) is 0 Å². The van der Waals surface area contributed by atoms with Crippen molar-refractivity contribution in [3.05, 3.63) is 12.2 Å². The van der Waals surface area contributed by atoms with E-state index in [0.717, 1.165) is 51.4 Å². The van der Waals surface area contributed by atoms with Crippen molar-refractivity contribution in [2.24, 2.45) is 0 Å². The zero-order valence-corrected chi connectivity index (χ0v) is 43.7. The lowest BCUT2D eigenvalue weighted by molar-refractivity contribution is -0.379. The molecule has 0 saturated carbocycles. The van der Waals surface area contributed by atoms with E-state index in [4.69, 9.17) is 28.4 Å². The Morgan fingerprint density at radius 2 is 0.861 bits per heavy atom. The van der Waals surface area contributed by atoms with E-state index in [9.17, 15) is 61.0 Å². The molecular formula is C53H99NO18. The molecule has 3 aliphatic rings. The van der Waals surface area contributed by atoms with Gasteiger partial charge < -0.3 is 89.9 Å². The summed E-state index contributed by atoms with van der Waals surface area (Å²) in [5.41, 5.74) is 0. The number of aliphatic hydroxyl groups is 11. The molecule has 19 nitrogen and oxygen atoms in total. The minimum Gasteiger partial charge on any atom is -0.394 e. The van der Waals surface area contributed by atoms with Gasteiger partial charge in [-0.25, -0.2) is 0 Å². The molecule has 72 heavy (non-hydrogen) atoms. The summed E-state index contributed by atoms with van der Waals surface area (Å²) < 4.78 is 34.0. The van der Waals surface area contributed by atoms with Crippen LogP contribution >= 0.6 is 0 Å². The van der Waals surface area contributed by atoms with E-state index in [1.165, 1.54) is 109 Å². The normalized spacial score (nSPS) is 32.0. The number of unbranched alkanes of at least 4 members (excludes halogenated alkanes) is 24. The molecule has 3 fully saturated rings. The first-order valence-corrected chi connectivity index (χ1v) is 27.9. The first-order chi connectivity index (χ1) is 34.8. The molecule has 3 rings (SSSR count). The third-order valence-electron chi connectivity index (χ3n) is 14.3. The number of hydrogen-bond donors (Lipinski definition) is 12. The van der Waals surface area contributed by atoms with E-state index in [2.05, 4.69) is 19.2 Å². The number of allylic oxidation sites excluding steroid dienone is 1. The molecule has 1 amide bonds. The van der Waals surface area contributed by atoms with Gasteiger partial charge in [0, 0.05) is 6.42 Å². The van der Waals surface area contributed by atoms with Crippen molar-refractivity contribution in [3.63, 3.8) is 0 Å². The SMILES string of the molecule is CCCCCCCCCCCCCCCCCCCCCC/C=C/C(O)C(COC1OC(CO)C(OC2OC(CO)C(OC3OC(CO)C(O)C(O)C3O)C(O)C2O)C(O)C1O)NC(=O)CCCCCCC. The number of hydrogen-bond acceptors (Lipinski definition) is 18. The van der Waals surface area contributed by atoms with Crippen LogP contribution in [0.2, 0.25) is 0 Å². The van der Waals surface area contributed by atoms with Gasteiger partial charge in [-0.3, -0.25) is 4.79 Å². The molecule has 17 unspecified atom stereocenters. The summed E-state index contributed by atoms with van der Waals surface area (Å²) in [5.74, 6) is -0.288. The summed E-state index contributed by atoms with van der Waals surface area (Å²) in [6.07, 6.45) is 8.50. The van der Waals surface area contributed by atoms with Gasteiger partial charge in [0.15, 0.2) is 18.9 Å². The fourth-order valence-corrected chi connectivity index (χ4v) is 9.66. The summed E-state index contributed by atoms with van der Waals surface area (Å²) in [7, 11) is 0. The van der Waals surface area contributed by atoms with Gasteiger partial charge in [0.25, 0.3) is 0 Å². The Kier molecular flexibility index (Phi) is 34.3. The van der Waals surface area contributed by atoms with Crippen LogP contribution in [0.15, 0.2) is 12.2 Å². The maximum Gasteiger partial charge on any atom is 0.220 e. The van der Waals surface area contributed by atoms with Crippen molar-refractivity contribution in [1.29, 1.82) is 0 Å². The Bertz CT molecular complexity index is 1380. The average molecular weight is 1040 g/mol. The lowest BCUT2D eigenvalue weighted by atomic mass is 9.96. The van der Waals surface area contributed by atoms with Crippen LogP contribution in [0.4, 0.5) is 0 Å². The lowest BCUT2D eigenvalue weighted by Crippen LogP contribution is -2.66. The monoisotopic (exact) mass is 1040 g/mol. The van der Waals surface area contributed by atoms with Crippen LogP contribution in [-0.4, -0.2) is 193 Å². The van der Waals surface area contributed by atoms with Gasteiger partial charge in [-0.2, -0.15) is 0 Å². The third-order valence-corrected chi connectivity index (χ3v) is 14.3. The number of nitrogens with one attached hydrogen (secondary N) is 1. The van der Waals surface area contributed by atoms with Crippen molar-refractivity contribution in [3.8, 4) is 0 Å². The maximum atomic E-state index is 13.0. The molecule has 424 valence electrons. The molecule has 0 aromatic rings. The van der Waals surface area contributed by atoms with E-state index in [0.29, 0.717) is 6.42 Å². The number of carbonyl (C=O) groups excluding carboxylic acids is 1. The van der Waals surface area contributed by atoms with Gasteiger partial charge in [0.2, 0.25) is 5.91 Å². The lowest BCUT2D eigenvalue weighted by Gasteiger charge is -2.48. The Balaban J connectivity index is 1.45. The molecule has 0 aromatic heterocycles. The van der Waals surface area contributed by atoms with E-state index in [1.807, 2.05) is 6.08 Å². The van der Waals surface area contributed by atoms with E-state index < -0.39 is 124 Å². The molecule has 0 aliphatic carbocycles. The van der Waals surface area contributed by atoms with Crippen molar-refractivity contribution in [1.82, 2.24) is 5.32 Å². The minimum atomic E-state index is -1.97. The maximum absolute atomic E-state index is 13.0. The largest absolute Gasteiger partial charge is 0.394 e. The fourth-order valence-electron chi connectivity index (χ4n) is 9.66. The quantitative estimate of drug-likeness (QED) is 0.0309. The molecule has 0 radical (unpaired) electrons. The fraction of sp³-hybridized carbons (Fsp3) is 0.943. The third kappa shape index (κ3) is 23.0. The highest BCUT2D eigenvalue weighted by Gasteiger charge is 2.53. The molecule has 0 spiro atoms. The molecular weight excluding hydrogens is 939 g/mol. The first-order valence-electron chi connectivity index (χ1n) is 27.9. The highest BCUT2D eigenvalue weighted by molar-refractivity contribution is 5.76. The van der Waals surface area contributed by atoms with Crippen molar-refractivity contribution in [2.75, 3.05) is 26.4 Å². The summed E-state index contributed by atoms with van der Waals surface area (Å²) in [6.45, 7) is 1.61. The van der Waals surface area contributed by atoms with Crippen LogP contribution in [0.1, 0.15) is 187 Å². The highest BCUT2D eigenvalue weighted by atomic mass is 16.8. The number of ether oxygens (including phenoxy) is 6. The Hall–Kier alpha value is -1.47.